The Hall–Kier alpha value is -6.04. The zero-order chi connectivity index (χ0) is 67.1. The van der Waals surface area contributed by atoms with Crippen LogP contribution >= 0.6 is 0 Å². The van der Waals surface area contributed by atoms with Gasteiger partial charge in [0.25, 0.3) is 0 Å². The van der Waals surface area contributed by atoms with Gasteiger partial charge in [0.2, 0.25) is 0 Å². The summed E-state index contributed by atoms with van der Waals surface area (Å²) in [7, 11) is 0. The van der Waals surface area contributed by atoms with Crippen LogP contribution in [0.4, 0.5) is 0 Å². The number of benzene rings is 4. The second-order valence-electron chi connectivity index (χ2n) is 33.0. The number of esters is 4. The van der Waals surface area contributed by atoms with Crippen molar-refractivity contribution in [3.05, 3.63) is 115 Å². The fourth-order valence-electron chi connectivity index (χ4n) is 11.1. The van der Waals surface area contributed by atoms with Crippen molar-refractivity contribution in [3.63, 3.8) is 0 Å². The first-order chi connectivity index (χ1) is 40.0. The summed E-state index contributed by atoms with van der Waals surface area (Å²) in [4.78, 5) is 55.4. The van der Waals surface area contributed by atoms with Crippen molar-refractivity contribution in [2.24, 2.45) is 0 Å². The van der Waals surface area contributed by atoms with E-state index in [0.29, 0.717) is 32.1 Å². The number of ether oxygens (including phenoxy) is 4. The van der Waals surface area contributed by atoms with E-state index >= 15 is 0 Å². The van der Waals surface area contributed by atoms with Gasteiger partial charge in [-0.15, -0.1) is 0 Å². The predicted octanol–water partition coefficient (Wildman–Crippen LogP) is 17.2. The molecule has 0 saturated carbocycles. The van der Waals surface area contributed by atoms with Crippen LogP contribution in [0.1, 0.15) is 284 Å². The minimum atomic E-state index is -0.862. The fraction of sp³-hybridized carbons (Fsp3) is 0.632. The number of aromatic hydroxyl groups is 4. The third kappa shape index (κ3) is 21.9. The van der Waals surface area contributed by atoms with Crippen LogP contribution < -0.4 is 0 Å². The fourth-order valence-corrected chi connectivity index (χ4v) is 11.1. The topological polar surface area (TPSA) is 186 Å². The maximum absolute atomic E-state index is 14.2. The summed E-state index contributed by atoms with van der Waals surface area (Å²) in [6.45, 7) is 49.0. The highest BCUT2D eigenvalue weighted by molar-refractivity contribution is 5.72. The number of rotatable bonds is 23. The average Bonchev–Trinajstić information content (AvgIpc) is 3.42. The van der Waals surface area contributed by atoms with Crippen LogP contribution in [0.2, 0.25) is 0 Å². The van der Waals surface area contributed by atoms with Crippen molar-refractivity contribution < 1.29 is 58.6 Å². The maximum atomic E-state index is 14.2. The molecule has 0 heterocycles. The number of carbonyl (C=O) groups excluding carboxylic acids is 4. The lowest BCUT2D eigenvalue weighted by molar-refractivity contribution is -0.158. The molecule has 0 aliphatic rings. The zero-order valence-corrected chi connectivity index (χ0v) is 58.7. The number of aryl methyl sites for hydroxylation is 4. The van der Waals surface area contributed by atoms with E-state index in [0.717, 1.165) is 66.8 Å². The van der Waals surface area contributed by atoms with E-state index in [1.165, 1.54) is 0 Å². The Morgan fingerprint density at radius 3 is 0.750 bits per heavy atom. The predicted molar refractivity (Wildman–Crippen MR) is 355 cm³/mol. The summed E-state index contributed by atoms with van der Waals surface area (Å²) in [6.07, 6.45) is 0.752. The van der Waals surface area contributed by atoms with Gasteiger partial charge >= 0.3 is 23.9 Å². The van der Waals surface area contributed by atoms with Crippen LogP contribution in [0.25, 0.3) is 0 Å². The second-order valence-corrected chi connectivity index (χ2v) is 33.0. The van der Waals surface area contributed by atoms with Crippen LogP contribution in [-0.4, -0.2) is 69.7 Å². The Balaban J connectivity index is 1.65. The van der Waals surface area contributed by atoms with Crippen molar-refractivity contribution >= 4 is 23.9 Å². The Morgan fingerprint density at radius 2 is 0.523 bits per heavy atom. The summed E-state index contributed by atoms with van der Waals surface area (Å²) < 4.78 is 24.3. The summed E-state index contributed by atoms with van der Waals surface area (Å²) in [5, 5.41) is 45.5. The van der Waals surface area contributed by atoms with E-state index in [1.807, 2.05) is 173 Å². The molecule has 88 heavy (non-hydrogen) atoms. The second kappa shape index (κ2) is 28.8. The normalized spacial score (nSPS) is 13.7. The maximum Gasteiger partial charge on any atom is 0.306 e. The van der Waals surface area contributed by atoms with Gasteiger partial charge in [-0.05, 0) is 149 Å². The van der Waals surface area contributed by atoms with E-state index in [1.54, 1.807) is 0 Å². The van der Waals surface area contributed by atoms with Crippen LogP contribution in [0, 0.1) is 0 Å². The molecule has 0 fully saturated rings. The minimum Gasteiger partial charge on any atom is -0.507 e. The van der Waals surface area contributed by atoms with Gasteiger partial charge in [0, 0.05) is 38.5 Å². The number of hydrogen-bond donors (Lipinski definition) is 4. The highest BCUT2D eigenvalue weighted by atomic mass is 16.6. The SMILES string of the molecule is CC(C)(C)c1cc(CCC(=O)OCCCC(CC(CCOC(=O)CCc2cc(C(C)(C)C)c(O)c(C(C)(C)C)c2)OC(=O)CCc2cc(C(C)(C)C)c(O)c(C(C)(C)C)c2)OC(=O)CCc2cc(C(C)(C)C)c(O)c(C(C)(C)C)c2)cc(C(C)(C)C)c1O. The molecule has 2 unspecified atom stereocenters. The van der Waals surface area contributed by atoms with Gasteiger partial charge in [0.15, 0.2) is 0 Å². The molecule has 0 amide bonds. The molecule has 0 spiro atoms. The van der Waals surface area contributed by atoms with Crippen LogP contribution in [0.3, 0.4) is 0 Å². The molecular formula is C76H114O12. The molecule has 0 radical (unpaired) electrons. The standard InChI is InChI=1S/C76H114O12/c1-69(2,3)53-38-47(39-54(65(53)81)70(4,5)6)27-31-61(77)85-36-25-26-51(87-63(79)33-29-49-42-57(73(13,14)15)67(83)58(43-49)74(16,17)18)46-52(88-64(80)34-30-50-44-59(75(19,20)21)68(84)60(45-50)76(22,23)24)35-37-86-62(78)32-28-48-40-55(71(7,8)9)66(82)56(41-48)72(10,11)12/h38-45,51-52,81-84H,25-37,46H2,1-24H3. The monoisotopic (exact) mass is 1220 g/mol. The Kier molecular flexibility index (Phi) is 24.4. The molecule has 0 saturated heterocycles. The third-order valence-electron chi connectivity index (χ3n) is 16.4. The van der Waals surface area contributed by atoms with Gasteiger partial charge < -0.3 is 39.4 Å². The van der Waals surface area contributed by atoms with Gasteiger partial charge in [0.05, 0.1) is 13.2 Å². The molecule has 490 valence electrons. The summed E-state index contributed by atoms with van der Waals surface area (Å²) in [5.41, 5.74) is 7.10. The van der Waals surface area contributed by atoms with Crippen molar-refractivity contribution in [1.82, 2.24) is 0 Å². The first-order valence-electron chi connectivity index (χ1n) is 32.2. The molecule has 0 aromatic heterocycles. The molecule has 4 aromatic carbocycles. The number of carbonyl (C=O) groups is 4. The van der Waals surface area contributed by atoms with Gasteiger partial charge in [-0.2, -0.15) is 0 Å². The van der Waals surface area contributed by atoms with Crippen LogP contribution in [0.15, 0.2) is 48.5 Å². The lowest BCUT2D eigenvalue weighted by atomic mass is 9.78. The van der Waals surface area contributed by atoms with E-state index < -0.39 is 36.1 Å². The number of hydrogen-bond acceptors (Lipinski definition) is 12. The first-order valence-corrected chi connectivity index (χ1v) is 32.2. The smallest absolute Gasteiger partial charge is 0.306 e. The van der Waals surface area contributed by atoms with Gasteiger partial charge in [0.1, 0.15) is 35.2 Å². The third-order valence-corrected chi connectivity index (χ3v) is 16.4. The van der Waals surface area contributed by atoms with Gasteiger partial charge in [-0.1, -0.05) is 215 Å². The minimum absolute atomic E-state index is 0.00723. The van der Waals surface area contributed by atoms with Gasteiger partial charge in [-0.25, -0.2) is 0 Å². The Labute approximate surface area is 530 Å². The molecule has 4 rings (SSSR count). The largest absolute Gasteiger partial charge is 0.507 e. The van der Waals surface area contributed by atoms with Crippen molar-refractivity contribution in [1.29, 1.82) is 0 Å². The highest BCUT2D eigenvalue weighted by Gasteiger charge is 2.32. The zero-order valence-electron chi connectivity index (χ0n) is 58.7. The van der Waals surface area contributed by atoms with E-state index in [9.17, 15) is 39.6 Å². The number of phenols is 4. The lowest BCUT2D eigenvalue weighted by Gasteiger charge is -2.28. The molecule has 4 aromatic rings. The Bertz CT molecular complexity index is 2920. The van der Waals surface area contributed by atoms with Crippen LogP contribution in [0.5, 0.6) is 23.0 Å². The van der Waals surface area contributed by atoms with E-state index in [4.69, 9.17) is 18.9 Å². The Morgan fingerprint density at radius 1 is 0.318 bits per heavy atom. The molecule has 12 nitrogen and oxygen atoms in total. The molecule has 0 aliphatic carbocycles. The van der Waals surface area contributed by atoms with Crippen LogP contribution in [-0.2, 0) is 107 Å². The molecule has 4 N–H and O–H groups in total. The number of phenolic OH excluding ortho intramolecular Hbond substituents is 4. The average molecular weight is 1220 g/mol. The molecule has 12 heteroatoms. The molecule has 0 bridgehead atoms. The first kappa shape index (κ1) is 74.4. The van der Waals surface area contributed by atoms with Crippen molar-refractivity contribution in [2.75, 3.05) is 13.2 Å². The van der Waals surface area contributed by atoms with E-state index in [2.05, 4.69) is 41.5 Å². The summed E-state index contributed by atoms with van der Waals surface area (Å²) in [6, 6.07) is 15.7. The summed E-state index contributed by atoms with van der Waals surface area (Å²) >= 11 is 0. The highest BCUT2D eigenvalue weighted by Crippen LogP contribution is 2.44. The van der Waals surface area contributed by atoms with Crippen molar-refractivity contribution in [3.8, 4) is 23.0 Å². The molecular weight excluding hydrogens is 1100 g/mol. The lowest BCUT2D eigenvalue weighted by Crippen LogP contribution is -2.29. The molecule has 0 aliphatic heterocycles. The quantitative estimate of drug-likeness (QED) is 0.0313. The molecule has 2 atom stereocenters. The van der Waals surface area contributed by atoms with Gasteiger partial charge in [-0.3, -0.25) is 19.2 Å². The van der Waals surface area contributed by atoms with E-state index in [-0.39, 0.29) is 124 Å². The van der Waals surface area contributed by atoms with Crippen molar-refractivity contribution in [2.45, 2.75) is 299 Å². The summed E-state index contributed by atoms with van der Waals surface area (Å²) in [5.74, 6) is -0.782.